The average Bonchev–Trinajstić information content (AvgIpc) is 3.02. The summed E-state index contributed by atoms with van der Waals surface area (Å²) in [5.41, 5.74) is 2.31. The van der Waals surface area contributed by atoms with Gasteiger partial charge in [0.1, 0.15) is 0 Å². The molecule has 0 aromatic heterocycles. The average molecular weight is 338 g/mol. The van der Waals surface area contributed by atoms with Crippen LogP contribution in [0.5, 0.6) is 11.5 Å². The molecule has 0 unspecified atom stereocenters. The molecule has 124 valence electrons. The van der Waals surface area contributed by atoms with Crippen LogP contribution in [0.4, 0.5) is 0 Å². The number of carbonyl (C=O) groups excluding carboxylic acids is 1. The van der Waals surface area contributed by atoms with Crippen LogP contribution >= 0.6 is 0 Å². The third-order valence-electron chi connectivity index (χ3n) is 4.33. The molecule has 0 spiro atoms. The number of benzene rings is 3. The summed E-state index contributed by atoms with van der Waals surface area (Å²) in [7, 11) is 0. The van der Waals surface area contributed by atoms with Gasteiger partial charge in [0.2, 0.25) is 0 Å². The molecule has 0 atom stereocenters. The fourth-order valence-electron chi connectivity index (χ4n) is 3.09. The summed E-state index contributed by atoms with van der Waals surface area (Å²) in [6.07, 6.45) is 0. The number of hydrogen-bond acceptors (Lipinski definition) is 4. The predicted octanol–water partition coefficient (Wildman–Crippen LogP) is 0.0350. The van der Waals surface area contributed by atoms with Gasteiger partial charge in [-0.2, -0.15) is 0 Å². The summed E-state index contributed by atoms with van der Waals surface area (Å²) in [4.78, 5) is 11.3. The van der Waals surface area contributed by atoms with E-state index in [-0.39, 0.29) is 24.4 Å². The van der Waals surface area contributed by atoms with Crippen molar-refractivity contribution in [1.29, 1.82) is 0 Å². The van der Waals surface area contributed by atoms with E-state index in [1.807, 2.05) is 60.7 Å². The second-order valence-electron chi connectivity index (χ2n) is 5.95. The molecule has 4 rings (SSSR count). The van der Waals surface area contributed by atoms with Gasteiger partial charge in [0.05, 0.1) is 5.97 Å². The van der Waals surface area contributed by atoms with Crippen molar-refractivity contribution < 1.29 is 38.2 Å². The monoisotopic (exact) mass is 338 g/mol. The van der Waals surface area contributed by atoms with Crippen LogP contribution in [0.2, 0.25) is 0 Å². The van der Waals surface area contributed by atoms with Gasteiger partial charge in [0, 0.05) is 16.7 Å². The Hall–Kier alpha value is -2.67. The molecule has 0 aliphatic carbocycles. The minimum atomic E-state index is -1.24. The number of carbonyl (C=O) groups is 1. The Kier molecular flexibility index (Phi) is 4.82. The summed E-state index contributed by atoms with van der Waals surface area (Å²) in [6.45, 7) is 1.71. The van der Waals surface area contributed by atoms with Crippen molar-refractivity contribution in [2.24, 2.45) is 0 Å². The Balaban J connectivity index is 0.00000196. The fraction of sp³-hybridized carbons (Fsp3) is 0.0952. The molecule has 3 aromatic carbocycles. The van der Waals surface area contributed by atoms with E-state index in [0.29, 0.717) is 17.1 Å². The molecule has 0 N–H and O–H groups in total. The quantitative estimate of drug-likeness (QED) is 0.633. The van der Waals surface area contributed by atoms with Crippen molar-refractivity contribution >= 4 is 5.97 Å². The molecule has 26 heavy (non-hydrogen) atoms. The number of aryl methyl sites for hydroxylation is 1. The second kappa shape index (κ2) is 6.91. The number of fused-ring (bicyclic) bond motifs is 1. The van der Waals surface area contributed by atoms with Crippen LogP contribution in [0.1, 0.15) is 27.0 Å². The number of ether oxygens (including phenoxy) is 2. The van der Waals surface area contributed by atoms with E-state index >= 15 is 0 Å². The molecule has 0 fully saturated rings. The number of carboxylic acid groups (broad SMARTS) is 1. The first-order valence-electron chi connectivity index (χ1n) is 7.95. The molecule has 1 heterocycles. The summed E-state index contributed by atoms with van der Waals surface area (Å²) in [5, 5.41) is 11.3. The molecule has 0 radical (unpaired) electrons. The summed E-state index contributed by atoms with van der Waals surface area (Å²) in [5.74, 6) is -1.49. The molecule has 0 bridgehead atoms. The van der Waals surface area contributed by atoms with Gasteiger partial charge in [-0.15, -0.1) is 0 Å². The van der Waals surface area contributed by atoms with Gasteiger partial charge in [0.25, 0.3) is 0 Å². The Bertz CT molecular complexity index is 899. The zero-order valence-corrected chi connectivity index (χ0v) is 14.6. The third kappa shape index (κ3) is 2.88. The smallest absolute Gasteiger partial charge is 0.545 e. The number of aromatic carboxylic acids is 1. The van der Waals surface area contributed by atoms with Gasteiger partial charge in [0.15, 0.2) is 11.5 Å². The zero-order valence-electron chi connectivity index (χ0n) is 14.6. The summed E-state index contributed by atoms with van der Waals surface area (Å²) in [6, 6.07) is 22.3. The minimum absolute atomic E-state index is 0. The van der Waals surface area contributed by atoms with Crippen LogP contribution in [0, 0.1) is 6.92 Å². The maximum Gasteiger partial charge on any atom is 1.00 e. The van der Waals surface area contributed by atoms with Crippen molar-refractivity contribution in [3.05, 3.63) is 95.1 Å². The first kappa shape index (κ1) is 18.1. The van der Waals surface area contributed by atoms with Crippen LogP contribution in [0.3, 0.4) is 0 Å². The van der Waals surface area contributed by atoms with E-state index < -0.39 is 11.8 Å². The summed E-state index contributed by atoms with van der Waals surface area (Å²) < 4.78 is 12.4. The third-order valence-corrected chi connectivity index (χ3v) is 4.33. The van der Waals surface area contributed by atoms with E-state index in [4.69, 9.17) is 9.47 Å². The number of carboxylic acids is 1. The van der Waals surface area contributed by atoms with E-state index in [1.165, 1.54) is 6.07 Å². The molecule has 0 saturated carbocycles. The van der Waals surface area contributed by atoms with Crippen molar-refractivity contribution in [3.8, 4) is 11.5 Å². The minimum Gasteiger partial charge on any atom is -0.545 e. The van der Waals surface area contributed by atoms with E-state index in [9.17, 15) is 9.90 Å². The van der Waals surface area contributed by atoms with Crippen molar-refractivity contribution in [2.45, 2.75) is 12.7 Å². The van der Waals surface area contributed by atoms with Gasteiger partial charge in [-0.25, -0.2) is 0 Å². The molecule has 5 heteroatoms. The Morgan fingerprint density at radius 2 is 1.31 bits per heavy atom. The number of hydrogen-bond donors (Lipinski definition) is 0. The Labute approximate surface area is 163 Å². The maximum atomic E-state index is 11.3. The normalized spacial score (nSPS) is 13.7. The van der Waals surface area contributed by atoms with Crippen LogP contribution in [0.25, 0.3) is 0 Å². The van der Waals surface area contributed by atoms with Crippen molar-refractivity contribution in [2.75, 3.05) is 0 Å². The van der Waals surface area contributed by atoms with Crippen LogP contribution < -0.4 is 33.4 Å². The predicted molar refractivity (Wildman–Crippen MR) is 90.4 cm³/mol. The van der Waals surface area contributed by atoms with Crippen LogP contribution in [-0.4, -0.2) is 5.97 Å². The molecular formula is C21H15LiO4. The standard InChI is InChI=1S/C21H16O4.Li/c1-14-12-18-19(13-17(14)20(22)23)25-21(24-18,15-8-4-2-5-9-15)16-10-6-3-7-11-16;/h2-13H,1H3,(H,22,23);/q;+1/p-1. The van der Waals surface area contributed by atoms with Crippen molar-refractivity contribution in [3.63, 3.8) is 0 Å². The van der Waals surface area contributed by atoms with Crippen molar-refractivity contribution in [1.82, 2.24) is 0 Å². The van der Waals surface area contributed by atoms with Crippen LogP contribution in [0.15, 0.2) is 72.8 Å². The summed E-state index contributed by atoms with van der Waals surface area (Å²) >= 11 is 0. The van der Waals surface area contributed by atoms with Crippen LogP contribution in [-0.2, 0) is 5.79 Å². The zero-order chi connectivity index (χ0) is 17.4. The molecule has 1 aliphatic heterocycles. The Morgan fingerprint density at radius 1 is 0.846 bits per heavy atom. The topological polar surface area (TPSA) is 58.6 Å². The molecule has 0 saturated heterocycles. The van der Waals surface area contributed by atoms with Gasteiger partial charge >= 0.3 is 24.6 Å². The molecule has 4 nitrogen and oxygen atoms in total. The Morgan fingerprint density at radius 3 is 1.77 bits per heavy atom. The molecule has 3 aromatic rings. The molecule has 0 amide bonds. The van der Waals surface area contributed by atoms with Gasteiger partial charge in [-0.05, 0) is 24.6 Å². The van der Waals surface area contributed by atoms with Gasteiger partial charge in [-0.1, -0.05) is 60.7 Å². The van der Waals surface area contributed by atoms with Gasteiger partial charge in [-0.3, -0.25) is 0 Å². The molecule has 1 aliphatic rings. The first-order valence-corrected chi connectivity index (χ1v) is 7.95. The SMILES string of the molecule is Cc1cc2c(cc1C(=O)[O-])OC(c1ccccc1)(c1ccccc1)O2.[Li+]. The number of rotatable bonds is 3. The maximum absolute atomic E-state index is 11.3. The first-order chi connectivity index (χ1) is 12.1. The fourth-order valence-corrected chi connectivity index (χ4v) is 3.09. The van der Waals surface area contributed by atoms with E-state index in [2.05, 4.69) is 0 Å². The van der Waals surface area contributed by atoms with E-state index in [1.54, 1.807) is 13.0 Å². The molecular weight excluding hydrogens is 323 g/mol. The van der Waals surface area contributed by atoms with E-state index in [0.717, 1.165) is 11.1 Å². The largest absolute Gasteiger partial charge is 1.00 e. The van der Waals surface area contributed by atoms with Gasteiger partial charge < -0.3 is 19.4 Å². The second-order valence-corrected chi connectivity index (χ2v) is 5.95.